The maximum absolute atomic E-state index is 11.8. The Morgan fingerprint density at radius 1 is 1.30 bits per heavy atom. The summed E-state index contributed by atoms with van der Waals surface area (Å²) in [6.45, 7) is 0.483. The standard InChI is InChI=1S/C16H19NO3/c1-20-16(19)14-8-6-13(7-9-14)11-17-15(18)10-12-4-2-3-5-12/h2,4,6-9,12H,3,5,10-11H2,1H3,(H,17,18)/t12-/m0/s1. The van der Waals surface area contributed by atoms with Crippen molar-refractivity contribution in [2.75, 3.05) is 7.11 Å². The number of carbonyl (C=O) groups is 2. The molecule has 4 nitrogen and oxygen atoms in total. The molecule has 1 aromatic rings. The maximum atomic E-state index is 11.8. The van der Waals surface area contributed by atoms with Crippen LogP contribution in [0.1, 0.15) is 35.2 Å². The number of hydrogen-bond acceptors (Lipinski definition) is 3. The minimum absolute atomic E-state index is 0.0681. The quantitative estimate of drug-likeness (QED) is 0.662. The van der Waals surface area contributed by atoms with Crippen LogP contribution in [0.2, 0.25) is 0 Å². The normalized spacial score (nSPS) is 16.9. The zero-order valence-corrected chi connectivity index (χ0v) is 11.6. The van der Waals surface area contributed by atoms with E-state index in [9.17, 15) is 9.59 Å². The average molecular weight is 273 g/mol. The van der Waals surface area contributed by atoms with E-state index >= 15 is 0 Å². The molecule has 0 saturated carbocycles. The van der Waals surface area contributed by atoms with Crippen molar-refractivity contribution in [1.29, 1.82) is 0 Å². The minimum Gasteiger partial charge on any atom is -0.465 e. The first kappa shape index (κ1) is 14.3. The van der Waals surface area contributed by atoms with Crippen LogP contribution in [0.15, 0.2) is 36.4 Å². The molecule has 1 N–H and O–H groups in total. The summed E-state index contributed by atoms with van der Waals surface area (Å²) < 4.78 is 4.63. The summed E-state index contributed by atoms with van der Waals surface area (Å²) in [5.41, 5.74) is 1.48. The highest BCUT2D eigenvalue weighted by Crippen LogP contribution is 2.20. The molecule has 4 heteroatoms. The molecule has 0 spiro atoms. The number of allylic oxidation sites excluding steroid dienone is 2. The van der Waals surface area contributed by atoms with Gasteiger partial charge in [0.25, 0.3) is 0 Å². The van der Waals surface area contributed by atoms with Gasteiger partial charge in [0.05, 0.1) is 12.7 Å². The third-order valence-electron chi connectivity index (χ3n) is 3.42. The third-order valence-corrected chi connectivity index (χ3v) is 3.42. The predicted octanol–water partition coefficient (Wildman–Crippen LogP) is 2.45. The number of hydrogen-bond donors (Lipinski definition) is 1. The van der Waals surface area contributed by atoms with Gasteiger partial charge in [-0.15, -0.1) is 0 Å². The van der Waals surface area contributed by atoms with Crippen molar-refractivity contribution >= 4 is 11.9 Å². The van der Waals surface area contributed by atoms with Crippen LogP contribution in [0.5, 0.6) is 0 Å². The summed E-state index contributed by atoms with van der Waals surface area (Å²) in [4.78, 5) is 23.1. The zero-order chi connectivity index (χ0) is 14.4. The highest BCUT2D eigenvalue weighted by atomic mass is 16.5. The number of ether oxygens (including phenoxy) is 1. The van der Waals surface area contributed by atoms with Gasteiger partial charge >= 0.3 is 5.97 Å². The van der Waals surface area contributed by atoms with Crippen molar-refractivity contribution in [3.8, 4) is 0 Å². The van der Waals surface area contributed by atoms with Gasteiger partial charge in [-0.3, -0.25) is 4.79 Å². The summed E-state index contributed by atoms with van der Waals surface area (Å²) in [6.07, 6.45) is 6.94. The SMILES string of the molecule is COC(=O)c1ccc(CNC(=O)C[C@H]2C=CCC2)cc1. The Bertz CT molecular complexity index is 505. The fraction of sp³-hybridized carbons (Fsp3) is 0.375. The fourth-order valence-corrected chi connectivity index (χ4v) is 2.25. The Balaban J connectivity index is 1.79. The van der Waals surface area contributed by atoms with Gasteiger partial charge in [0, 0.05) is 13.0 Å². The van der Waals surface area contributed by atoms with Crippen LogP contribution in [0.3, 0.4) is 0 Å². The molecule has 2 rings (SSSR count). The number of esters is 1. The third kappa shape index (κ3) is 3.95. The molecule has 0 bridgehead atoms. The molecule has 0 fully saturated rings. The van der Waals surface area contributed by atoms with Crippen molar-refractivity contribution in [3.63, 3.8) is 0 Å². The van der Waals surface area contributed by atoms with Crippen LogP contribution in [0.25, 0.3) is 0 Å². The summed E-state index contributed by atoms with van der Waals surface area (Å²) in [6, 6.07) is 7.05. The number of nitrogens with one attached hydrogen (secondary N) is 1. The molecule has 0 aliphatic heterocycles. The molecule has 20 heavy (non-hydrogen) atoms. The van der Waals surface area contributed by atoms with Crippen LogP contribution < -0.4 is 5.32 Å². The van der Waals surface area contributed by atoms with Crippen LogP contribution in [-0.2, 0) is 16.1 Å². The summed E-state index contributed by atoms with van der Waals surface area (Å²) in [5, 5.41) is 2.90. The van der Waals surface area contributed by atoms with Crippen LogP contribution in [0.4, 0.5) is 0 Å². The van der Waals surface area contributed by atoms with Crippen molar-refractivity contribution in [3.05, 3.63) is 47.5 Å². The van der Waals surface area contributed by atoms with Gasteiger partial charge in [-0.25, -0.2) is 4.79 Å². The highest BCUT2D eigenvalue weighted by molar-refractivity contribution is 5.89. The highest BCUT2D eigenvalue weighted by Gasteiger charge is 2.13. The van der Waals surface area contributed by atoms with Gasteiger partial charge < -0.3 is 10.1 Å². The summed E-state index contributed by atoms with van der Waals surface area (Å²) in [7, 11) is 1.36. The van der Waals surface area contributed by atoms with E-state index in [1.807, 2.05) is 12.1 Å². The lowest BCUT2D eigenvalue weighted by Crippen LogP contribution is -2.24. The number of methoxy groups -OCH3 is 1. The number of rotatable bonds is 5. The number of carbonyl (C=O) groups excluding carboxylic acids is 2. The molecular weight excluding hydrogens is 254 g/mol. The first-order valence-corrected chi connectivity index (χ1v) is 6.79. The topological polar surface area (TPSA) is 55.4 Å². The monoisotopic (exact) mass is 273 g/mol. The van der Waals surface area contributed by atoms with Gasteiger partial charge in [-0.05, 0) is 36.5 Å². The fourth-order valence-electron chi connectivity index (χ4n) is 2.25. The molecule has 0 saturated heterocycles. The van der Waals surface area contributed by atoms with E-state index in [2.05, 4.69) is 22.2 Å². The molecule has 1 aromatic carbocycles. The zero-order valence-electron chi connectivity index (χ0n) is 11.6. The van der Waals surface area contributed by atoms with Crippen LogP contribution >= 0.6 is 0 Å². The summed E-state index contributed by atoms with van der Waals surface area (Å²) in [5.74, 6) is 0.101. The Labute approximate surface area is 118 Å². The molecule has 0 unspecified atom stereocenters. The Morgan fingerprint density at radius 3 is 2.65 bits per heavy atom. The first-order valence-electron chi connectivity index (χ1n) is 6.79. The molecule has 1 aliphatic carbocycles. The Kier molecular flexibility index (Phi) is 4.93. The molecule has 106 valence electrons. The van der Waals surface area contributed by atoms with Gasteiger partial charge in [-0.2, -0.15) is 0 Å². The molecule has 1 amide bonds. The Morgan fingerprint density at radius 2 is 2.05 bits per heavy atom. The lowest BCUT2D eigenvalue weighted by molar-refractivity contribution is -0.121. The van der Waals surface area contributed by atoms with E-state index in [4.69, 9.17) is 0 Å². The average Bonchev–Trinajstić information content (AvgIpc) is 2.97. The van der Waals surface area contributed by atoms with Crippen molar-refractivity contribution < 1.29 is 14.3 Å². The van der Waals surface area contributed by atoms with Gasteiger partial charge in [-0.1, -0.05) is 24.3 Å². The van der Waals surface area contributed by atoms with Gasteiger partial charge in [0.15, 0.2) is 0 Å². The molecular formula is C16H19NO3. The summed E-state index contributed by atoms with van der Waals surface area (Å²) >= 11 is 0. The van der Waals surface area contributed by atoms with Crippen molar-refractivity contribution in [2.45, 2.75) is 25.8 Å². The van der Waals surface area contributed by atoms with E-state index in [1.165, 1.54) is 7.11 Å². The first-order chi connectivity index (χ1) is 9.69. The number of benzene rings is 1. The van der Waals surface area contributed by atoms with E-state index in [-0.39, 0.29) is 11.9 Å². The van der Waals surface area contributed by atoms with E-state index in [0.29, 0.717) is 24.4 Å². The van der Waals surface area contributed by atoms with E-state index < -0.39 is 0 Å². The van der Waals surface area contributed by atoms with E-state index in [1.54, 1.807) is 12.1 Å². The Hall–Kier alpha value is -2.10. The second kappa shape index (κ2) is 6.89. The lowest BCUT2D eigenvalue weighted by Gasteiger charge is -2.09. The predicted molar refractivity (Wildman–Crippen MR) is 76.1 cm³/mol. The molecule has 0 aromatic heterocycles. The molecule has 1 atom stereocenters. The van der Waals surface area contributed by atoms with Gasteiger partial charge in [0.1, 0.15) is 0 Å². The maximum Gasteiger partial charge on any atom is 0.337 e. The van der Waals surface area contributed by atoms with Crippen LogP contribution in [0, 0.1) is 5.92 Å². The van der Waals surface area contributed by atoms with E-state index in [0.717, 1.165) is 18.4 Å². The minimum atomic E-state index is -0.353. The van der Waals surface area contributed by atoms with Crippen LogP contribution in [-0.4, -0.2) is 19.0 Å². The molecule has 0 radical (unpaired) electrons. The second-order valence-electron chi connectivity index (χ2n) is 4.93. The largest absolute Gasteiger partial charge is 0.465 e. The molecule has 1 aliphatic rings. The molecule has 0 heterocycles. The van der Waals surface area contributed by atoms with Crippen molar-refractivity contribution in [2.24, 2.45) is 5.92 Å². The number of amides is 1. The smallest absolute Gasteiger partial charge is 0.337 e. The lowest BCUT2D eigenvalue weighted by atomic mass is 10.0. The second-order valence-corrected chi connectivity index (χ2v) is 4.93. The van der Waals surface area contributed by atoms with Gasteiger partial charge in [0.2, 0.25) is 5.91 Å². The van der Waals surface area contributed by atoms with Crippen molar-refractivity contribution in [1.82, 2.24) is 5.32 Å².